The van der Waals surface area contributed by atoms with Gasteiger partial charge in [0.15, 0.2) is 0 Å². The van der Waals surface area contributed by atoms with Crippen LogP contribution in [0.15, 0.2) is 66.6 Å². The van der Waals surface area contributed by atoms with E-state index in [9.17, 15) is 22.4 Å². The molecule has 0 saturated carbocycles. The Bertz CT molecular complexity index is 1390. The Morgan fingerprint density at radius 1 is 1.17 bits per heavy atom. The number of hydrogen-bond acceptors (Lipinski definition) is 6. The zero-order valence-corrected chi connectivity index (χ0v) is 20.6. The second-order valence-corrected chi connectivity index (χ2v) is 11.3. The molecule has 4 rings (SSSR count). The molecule has 3 aromatic rings. The van der Waals surface area contributed by atoms with E-state index in [0.717, 1.165) is 21.4 Å². The number of aryl methyl sites for hydroxylation is 1. The smallest absolute Gasteiger partial charge is 0.275 e. The van der Waals surface area contributed by atoms with Gasteiger partial charge in [-0.05, 0) is 60.5 Å². The molecule has 3 heterocycles. The topological polar surface area (TPSA) is 108 Å². The van der Waals surface area contributed by atoms with Crippen LogP contribution in [0.2, 0.25) is 4.34 Å². The van der Waals surface area contributed by atoms with Crippen LogP contribution in [0.5, 0.6) is 0 Å². The first-order valence-corrected chi connectivity index (χ1v) is 13.3. The summed E-state index contributed by atoms with van der Waals surface area (Å²) in [6, 6.07) is 10.7. The minimum Gasteiger partial charge on any atom is -0.348 e. The van der Waals surface area contributed by atoms with E-state index in [1.807, 2.05) is 0 Å². The first kappa shape index (κ1) is 24.8. The van der Waals surface area contributed by atoms with Crippen molar-refractivity contribution < 1.29 is 22.4 Å². The summed E-state index contributed by atoms with van der Waals surface area (Å²) in [5, 5.41) is 2.69. The minimum atomic E-state index is -3.80. The number of amides is 2. The first-order valence-electron chi connectivity index (χ1n) is 10.5. The van der Waals surface area contributed by atoms with E-state index in [-0.39, 0.29) is 42.2 Å². The molecular weight excluding hydrogens is 515 g/mol. The van der Waals surface area contributed by atoms with E-state index in [1.165, 1.54) is 29.5 Å². The van der Waals surface area contributed by atoms with Crippen molar-refractivity contribution in [2.24, 2.45) is 0 Å². The van der Waals surface area contributed by atoms with E-state index in [1.54, 1.807) is 36.7 Å². The van der Waals surface area contributed by atoms with Gasteiger partial charge in [0.2, 0.25) is 10.0 Å². The Labute approximate surface area is 210 Å². The van der Waals surface area contributed by atoms with Crippen LogP contribution in [-0.4, -0.2) is 37.5 Å². The van der Waals surface area contributed by atoms with Gasteiger partial charge in [0.25, 0.3) is 11.8 Å². The summed E-state index contributed by atoms with van der Waals surface area (Å²) in [6.45, 7) is 0.240. The number of carbonyl (C=O) groups excluding carboxylic acids is 2. The van der Waals surface area contributed by atoms with Crippen LogP contribution in [-0.2, 0) is 27.8 Å². The molecule has 1 aromatic carbocycles. The van der Waals surface area contributed by atoms with Crippen LogP contribution in [0, 0.1) is 5.82 Å². The molecule has 0 unspecified atom stereocenters. The van der Waals surface area contributed by atoms with Gasteiger partial charge >= 0.3 is 0 Å². The van der Waals surface area contributed by atoms with E-state index < -0.39 is 27.7 Å². The number of hydrogen-bond donors (Lipinski definition) is 2. The predicted octanol–water partition coefficient (Wildman–Crippen LogP) is 3.26. The Balaban J connectivity index is 1.36. The van der Waals surface area contributed by atoms with Crippen molar-refractivity contribution in [2.75, 3.05) is 17.2 Å². The van der Waals surface area contributed by atoms with Gasteiger partial charge in [0, 0.05) is 35.9 Å². The standard InChI is InChI=1S/C23H20ClFN4O4S2/c24-21-4-2-17(34-21)8-12-35(32,33)28-19-7-11-29(23(19)31)20-3-1-16(13-18(20)25)22(30)27-14-15-5-9-26-10-6-15/h1-7,9-10,13,28H,8,11-12,14H2,(H,27,30). The highest BCUT2D eigenvalue weighted by Crippen LogP contribution is 2.26. The van der Waals surface area contributed by atoms with Gasteiger partial charge in [-0.2, -0.15) is 0 Å². The fourth-order valence-corrected chi connectivity index (χ4v) is 5.70. The van der Waals surface area contributed by atoms with Gasteiger partial charge < -0.3 is 10.2 Å². The van der Waals surface area contributed by atoms with Crippen molar-refractivity contribution in [2.45, 2.75) is 13.0 Å². The fourth-order valence-electron chi connectivity index (χ4n) is 3.38. The summed E-state index contributed by atoms with van der Waals surface area (Å²) >= 11 is 7.15. The highest BCUT2D eigenvalue weighted by molar-refractivity contribution is 7.89. The lowest BCUT2D eigenvalue weighted by molar-refractivity contribution is -0.114. The molecule has 0 saturated heterocycles. The molecule has 1 aliphatic heterocycles. The van der Waals surface area contributed by atoms with Crippen LogP contribution < -0.4 is 14.9 Å². The molecule has 0 atom stereocenters. The van der Waals surface area contributed by atoms with Gasteiger partial charge in [0.1, 0.15) is 11.5 Å². The highest BCUT2D eigenvalue weighted by atomic mass is 35.5. The van der Waals surface area contributed by atoms with Crippen LogP contribution in [0.25, 0.3) is 0 Å². The number of halogens is 2. The molecule has 8 nitrogen and oxygen atoms in total. The van der Waals surface area contributed by atoms with Crippen LogP contribution in [0.4, 0.5) is 10.1 Å². The number of rotatable bonds is 9. The summed E-state index contributed by atoms with van der Waals surface area (Å²) in [5.41, 5.74) is 0.731. The number of aromatic nitrogens is 1. The molecule has 2 amide bonds. The Morgan fingerprint density at radius 2 is 1.94 bits per heavy atom. The van der Waals surface area contributed by atoms with E-state index in [0.29, 0.717) is 4.34 Å². The number of nitrogens with zero attached hydrogens (tertiary/aromatic N) is 2. The van der Waals surface area contributed by atoms with Gasteiger partial charge in [0.05, 0.1) is 15.8 Å². The molecule has 0 aliphatic carbocycles. The molecule has 35 heavy (non-hydrogen) atoms. The van der Waals surface area contributed by atoms with Crippen molar-refractivity contribution in [1.82, 2.24) is 15.0 Å². The Hall–Kier alpha value is -3.28. The fraction of sp³-hybridized carbons (Fsp3) is 0.174. The minimum absolute atomic E-state index is 0.0122. The van der Waals surface area contributed by atoms with Gasteiger partial charge in [-0.1, -0.05) is 11.6 Å². The average Bonchev–Trinajstić information content (AvgIpc) is 3.42. The van der Waals surface area contributed by atoms with E-state index in [2.05, 4.69) is 15.0 Å². The third-order valence-electron chi connectivity index (χ3n) is 5.17. The number of sulfonamides is 1. The Morgan fingerprint density at radius 3 is 2.63 bits per heavy atom. The SMILES string of the molecule is O=C(NCc1ccncc1)c1ccc(N2CC=C(NS(=O)(=O)CCc3ccc(Cl)s3)C2=O)c(F)c1. The largest absolute Gasteiger partial charge is 0.348 e. The molecule has 2 N–H and O–H groups in total. The van der Waals surface area contributed by atoms with E-state index in [4.69, 9.17) is 11.6 Å². The normalized spacial score (nSPS) is 13.6. The number of nitrogens with one attached hydrogen (secondary N) is 2. The zero-order valence-electron chi connectivity index (χ0n) is 18.2. The summed E-state index contributed by atoms with van der Waals surface area (Å²) in [7, 11) is -3.80. The van der Waals surface area contributed by atoms with Crippen LogP contribution in [0.1, 0.15) is 20.8 Å². The zero-order chi connectivity index (χ0) is 25.0. The molecule has 182 valence electrons. The number of carbonyl (C=O) groups is 2. The predicted molar refractivity (Wildman–Crippen MR) is 132 cm³/mol. The van der Waals surface area contributed by atoms with Crippen molar-refractivity contribution in [3.63, 3.8) is 0 Å². The van der Waals surface area contributed by atoms with Gasteiger partial charge in [-0.25, -0.2) is 12.8 Å². The lowest BCUT2D eigenvalue weighted by Gasteiger charge is -2.18. The quantitative estimate of drug-likeness (QED) is 0.438. The summed E-state index contributed by atoms with van der Waals surface area (Å²) in [5.74, 6) is -2.16. The molecule has 2 aromatic heterocycles. The molecule has 12 heteroatoms. The van der Waals surface area contributed by atoms with Gasteiger partial charge in [-0.15, -0.1) is 11.3 Å². The van der Waals surface area contributed by atoms with Crippen molar-refractivity contribution >= 4 is 50.5 Å². The summed E-state index contributed by atoms with van der Waals surface area (Å²) in [6.07, 6.45) is 4.84. The molecule has 1 aliphatic rings. The molecular formula is C23H20ClFN4O4S2. The number of benzene rings is 1. The third-order valence-corrected chi connectivity index (χ3v) is 7.73. The summed E-state index contributed by atoms with van der Waals surface area (Å²) < 4.78 is 42.5. The lowest BCUT2D eigenvalue weighted by atomic mass is 10.1. The number of anilines is 1. The second kappa shape index (κ2) is 10.5. The molecule has 0 bridgehead atoms. The van der Waals surface area contributed by atoms with Crippen LogP contribution >= 0.6 is 22.9 Å². The summed E-state index contributed by atoms with van der Waals surface area (Å²) in [4.78, 5) is 30.9. The van der Waals surface area contributed by atoms with Crippen molar-refractivity contribution in [3.8, 4) is 0 Å². The first-order chi connectivity index (χ1) is 16.7. The lowest BCUT2D eigenvalue weighted by Crippen LogP contribution is -2.35. The maximum Gasteiger partial charge on any atom is 0.275 e. The maximum absolute atomic E-state index is 14.8. The van der Waals surface area contributed by atoms with Gasteiger partial charge in [-0.3, -0.25) is 19.3 Å². The maximum atomic E-state index is 14.8. The molecule has 0 fully saturated rings. The van der Waals surface area contributed by atoms with Crippen molar-refractivity contribution in [3.05, 3.63) is 92.8 Å². The Kier molecular flexibility index (Phi) is 7.48. The van der Waals surface area contributed by atoms with Crippen molar-refractivity contribution in [1.29, 1.82) is 0 Å². The number of thiophene rings is 1. The number of pyridine rings is 1. The highest BCUT2D eigenvalue weighted by Gasteiger charge is 2.30. The second-order valence-electron chi connectivity index (χ2n) is 7.61. The molecule has 0 spiro atoms. The third kappa shape index (κ3) is 6.24. The van der Waals surface area contributed by atoms with Crippen LogP contribution in [0.3, 0.4) is 0 Å². The van der Waals surface area contributed by atoms with E-state index >= 15 is 0 Å². The molecule has 0 radical (unpaired) electrons. The average molecular weight is 535 g/mol. The monoisotopic (exact) mass is 534 g/mol.